The zero-order valence-electron chi connectivity index (χ0n) is 10.9. The van der Waals surface area contributed by atoms with Crippen molar-refractivity contribution in [2.45, 2.75) is 18.2 Å². The lowest BCUT2D eigenvalue weighted by Gasteiger charge is -2.09. The first-order chi connectivity index (χ1) is 9.40. The number of anilines is 2. The Kier molecular flexibility index (Phi) is 3.94. The number of hydrogen-bond donors (Lipinski definition) is 2. The number of sulfonamides is 1. The molecule has 0 aliphatic heterocycles. The molecule has 0 saturated carbocycles. The standard InChI is InChI=1S/C14H15FN2O2S/c1-2-10-3-5-13(6-4-10)17-20(18,19)14-8-11(15)7-12(16)9-14/h3-9,17H,2,16H2,1H3. The Morgan fingerprint density at radius 3 is 2.35 bits per heavy atom. The van der Waals surface area contributed by atoms with Crippen LogP contribution in [0.5, 0.6) is 0 Å². The van der Waals surface area contributed by atoms with E-state index in [1.165, 1.54) is 6.07 Å². The molecule has 4 nitrogen and oxygen atoms in total. The van der Waals surface area contributed by atoms with E-state index in [0.29, 0.717) is 5.69 Å². The fourth-order valence-corrected chi connectivity index (χ4v) is 2.89. The molecule has 0 saturated heterocycles. The van der Waals surface area contributed by atoms with Crippen LogP contribution < -0.4 is 10.5 Å². The van der Waals surface area contributed by atoms with Crippen LogP contribution in [0.2, 0.25) is 0 Å². The molecule has 2 aromatic carbocycles. The lowest BCUT2D eigenvalue weighted by Crippen LogP contribution is -2.13. The molecular formula is C14H15FN2O2S. The van der Waals surface area contributed by atoms with Crippen LogP contribution in [-0.2, 0) is 16.4 Å². The van der Waals surface area contributed by atoms with Gasteiger partial charge in [-0.25, -0.2) is 12.8 Å². The average molecular weight is 294 g/mol. The van der Waals surface area contributed by atoms with E-state index in [1.54, 1.807) is 12.1 Å². The van der Waals surface area contributed by atoms with Crippen LogP contribution in [-0.4, -0.2) is 8.42 Å². The predicted molar refractivity (Wildman–Crippen MR) is 77.4 cm³/mol. The van der Waals surface area contributed by atoms with Crippen molar-refractivity contribution in [3.05, 3.63) is 53.8 Å². The van der Waals surface area contributed by atoms with Crippen molar-refractivity contribution in [3.63, 3.8) is 0 Å². The molecule has 0 aliphatic rings. The molecule has 0 bridgehead atoms. The Morgan fingerprint density at radius 1 is 1.15 bits per heavy atom. The molecule has 0 fully saturated rings. The van der Waals surface area contributed by atoms with Crippen LogP contribution in [0.15, 0.2) is 47.4 Å². The Labute approximate surface area is 117 Å². The van der Waals surface area contributed by atoms with Crippen molar-refractivity contribution in [1.82, 2.24) is 0 Å². The summed E-state index contributed by atoms with van der Waals surface area (Å²) in [5, 5.41) is 0. The molecule has 0 heterocycles. The summed E-state index contributed by atoms with van der Waals surface area (Å²) in [6, 6.07) is 10.2. The van der Waals surface area contributed by atoms with E-state index in [9.17, 15) is 12.8 Å². The zero-order valence-corrected chi connectivity index (χ0v) is 11.7. The van der Waals surface area contributed by atoms with Gasteiger partial charge in [0.2, 0.25) is 0 Å². The first-order valence-corrected chi connectivity index (χ1v) is 7.57. The van der Waals surface area contributed by atoms with Crippen molar-refractivity contribution < 1.29 is 12.8 Å². The van der Waals surface area contributed by atoms with E-state index in [-0.39, 0.29) is 10.6 Å². The molecule has 106 valence electrons. The Bertz CT molecular complexity index is 692. The highest BCUT2D eigenvalue weighted by Gasteiger charge is 2.15. The van der Waals surface area contributed by atoms with Gasteiger partial charge < -0.3 is 5.73 Å². The van der Waals surface area contributed by atoms with E-state index < -0.39 is 15.8 Å². The molecule has 0 atom stereocenters. The normalized spacial score (nSPS) is 11.3. The molecule has 0 aliphatic carbocycles. The largest absolute Gasteiger partial charge is 0.399 e. The smallest absolute Gasteiger partial charge is 0.262 e. The van der Waals surface area contributed by atoms with Gasteiger partial charge in [-0.1, -0.05) is 19.1 Å². The van der Waals surface area contributed by atoms with Gasteiger partial charge in [0, 0.05) is 11.4 Å². The summed E-state index contributed by atoms with van der Waals surface area (Å²) in [5.41, 5.74) is 7.04. The van der Waals surface area contributed by atoms with E-state index in [0.717, 1.165) is 24.1 Å². The highest BCUT2D eigenvalue weighted by atomic mass is 32.2. The van der Waals surface area contributed by atoms with E-state index in [2.05, 4.69) is 4.72 Å². The third-order valence-electron chi connectivity index (χ3n) is 2.82. The maximum Gasteiger partial charge on any atom is 0.262 e. The van der Waals surface area contributed by atoms with Gasteiger partial charge in [-0.2, -0.15) is 0 Å². The quantitative estimate of drug-likeness (QED) is 0.852. The minimum atomic E-state index is -3.85. The molecule has 0 aromatic heterocycles. The number of nitrogen functional groups attached to an aromatic ring is 1. The first kappa shape index (κ1) is 14.3. The Morgan fingerprint density at radius 2 is 1.80 bits per heavy atom. The number of benzene rings is 2. The molecule has 0 unspecified atom stereocenters. The van der Waals surface area contributed by atoms with E-state index in [1.807, 2.05) is 19.1 Å². The maximum atomic E-state index is 13.2. The van der Waals surface area contributed by atoms with Gasteiger partial charge >= 0.3 is 0 Å². The fraction of sp³-hybridized carbons (Fsp3) is 0.143. The highest BCUT2D eigenvalue weighted by molar-refractivity contribution is 7.92. The highest BCUT2D eigenvalue weighted by Crippen LogP contribution is 2.20. The summed E-state index contributed by atoms with van der Waals surface area (Å²) in [4.78, 5) is -0.199. The van der Waals surface area contributed by atoms with Crippen LogP contribution in [0.3, 0.4) is 0 Å². The van der Waals surface area contributed by atoms with Crippen molar-refractivity contribution in [2.75, 3.05) is 10.5 Å². The van der Waals surface area contributed by atoms with Crippen molar-refractivity contribution in [1.29, 1.82) is 0 Å². The van der Waals surface area contributed by atoms with Gasteiger partial charge in [-0.15, -0.1) is 0 Å². The van der Waals surface area contributed by atoms with Crippen molar-refractivity contribution in [3.8, 4) is 0 Å². The predicted octanol–water partition coefficient (Wildman–Crippen LogP) is 2.77. The van der Waals surface area contributed by atoms with Gasteiger partial charge in [-0.05, 0) is 42.3 Å². The minimum Gasteiger partial charge on any atom is -0.399 e. The Balaban J connectivity index is 2.30. The number of nitrogens with one attached hydrogen (secondary N) is 1. The molecule has 6 heteroatoms. The lowest BCUT2D eigenvalue weighted by atomic mass is 10.2. The van der Waals surface area contributed by atoms with Gasteiger partial charge in [0.05, 0.1) is 4.90 Å². The van der Waals surface area contributed by atoms with E-state index in [4.69, 9.17) is 5.73 Å². The second kappa shape index (κ2) is 5.50. The Hall–Kier alpha value is -2.08. The topological polar surface area (TPSA) is 72.2 Å². The molecule has 3 N–H and O–H groups in total. The zero-order chi connectivity index (χ0) is 14.8. The molecule has 0 radical (unpaired) electrons. The molecular weight excluding hydrogens is 279 g/mol. The number of rotatable bonds is 4. The van der Waals surface area contributed by atoms with Crippen LogP contribution >= 0.6 is 0 Å². The number of aryl methyl sites for hydroxylation is 1. The van der Waals surface area contributed by atoms with Crippen molar-refractivity contribution in [2.24, 2.45) is 0 Å². The molecule has 2 aromatic rings. The van der Waals surface area contributed by atoms with Crippen LogP contribution in [0.25, 0.3) is 0 Å². The molecule has 0 amide bonds. The lowest BCUT2D eigenvalue weighted by molar-refractivity contribution is 0.595. The van der Waals surface area contributed by atoms with Gasteiger partial charge in [0.15, 0.2) is 0 Å². The van der Waals surface area contributed by atoms with Gasteiger partial charge in [-0.3, -0.25) is 4.72 Å². The maximum absolute atomic E-state index is 13.2. The van der Waals surface area contributed by atoms with Crippen LogP contribution in [0, 0.1) is 5.82 Å². The summed E-state index contributed by atoms with van der Waals surface area (Å²) < 4.78 is 39.9. The molecule has 2 rings (SSSR count). The monoisotopic (exact) mass is 294 g/mol. The fourth-order valence-electron chi connectivity index (χ4n) is 1.76. The number of nitrogens with two attached hydrogens (primary N) is 1. The third kappa shape index (κ3) is 3.27. The third-order valence-corrected chi connectivity index (χ3v) is 4.18. The average Bonchev–Trinajstić information content (AvgIpc) is 2.38. The van der Waals surface area contributed by atoms with Crippen LogP contribution in [0.4, 0.5) is 15.8 Å². The number of hydrogen-bond acceptors (Lipinski definition) is 3. The summed E-state index contributed by atoms with van der Waals surface area (Å²) in [5.74, 6) is -0.688. The van der Waals surface area contributed by atoms with Gasteiger partial charge in [0.1, 0.15) is 5.82 Å². The summed E-state index contributed by atoms with van der Waals surface area (Å²) in [6.45, 7) is 2.01. The summed E-state index contributed by atoms with van der Waals surface area (Å²) in [7, 11) is -3.85. The van der Waals surface area contributed by atoms with Crippen LogP contribution in [0.1, 0.15) is 12.5 Å². The number of halogens is 1. The molecule has 20 heavy (non-hydrogen) atoms. The van der Waals surface area contributed by atoms with Crippen molar-refractivity contribution >= 4 is 21.4 Å². The molecule has 0 spiro atoms. The second-order valence-electron chi connectivity index (χ2n) is 4.38. The summed E-state index contributed by atoms with van der Waals surface area (Å²) in [6.07, 6.45) is 0.869. The first-order valence-electron chi connectivity index (χ1n) is 6.08. The minimum absolute atomic E-state index is 0.0618. The summed E-state index contributed by atoms with van der Waals surface area (Å²) >= 11 is 0. The second-order valence-corrected chi connectivity index (χ2v) is 6.06. The van der Waals surface area contributed by atoms with Gasteiger partial charge in [0.25, 0.3) is 10.0 Å². The SMILES string of the molecule is CCc1ccc(NS(=O)(=O)c2cc(N)cc(F)c2)cc1. The van der Waals surface area contributed by atoms with E-state index >= 15 is 0 Å².